The second-order valence-electron chi connectivity index (χ2n) is 8.13. The molecule has 1 atom stereocenters. The summed E-state index contributed by atoms with van der Waals surface area (Å²) in [7, 11) is 3.83. The molecule has 28 heavy (non-hydrogen) atoms. The van der Waals surface area contributed by atoms with E-state index in [1.165, 1.54) is 5.56 Å². The normalized spacial score (nSPS) is 23.7. The average Bonchev–Trinajstić information content (AvgIpc) is 3.00. The molecular formula is C21H29ClN4O2. The van der Waals surface area contributed by atoms with Gasteiger partial charge in [0.15, 0.2) is 5.82 Å². The summed E-state index contributed by atoms with van der Waals surface area (Å²) >= 11 is 6.27. The summed E-state index contributed by atoms with van der Waals surface area (Å²) in [5.41, 5.74) is 2.39. The quantitative estimate of drug-likeness (QED) is 0.755. The highest BCUT2D eigenvalue weighted by atomic mass is 35.5. The third-order valence-electron chi connectivity index (χ3n) is 5.75. The lowest BCUT2D eigenvalue weighted by Gasteiger charge is -2.30. The van der Waals surface area contributed by atoms with Crippen molar-refractivity contribution < 1.29 is 9.47 Å². The van der Waals surface area contributed by atoms with Crippen LogP contribution in [0.2, 0.25) is 5.02 Å². The molecule has 2 aromatic rings. The molecule has 1 aliphatic carbocycles. The van der Waals surface area contributed by atoms with E-state index < -0.39 is 0 Å². The lowest BCUT2D eigenvalue weighted by Crippen LogP contribution is -2.28. The molecule has 4 rings (SSSR count). The van der Waals surface area contributed by atoms with Gasteiger partial charge < -0.3 is 9.47 Å². The molecule has 0 N–H and O–H groups in total. The van der Waals surface area contributed by atoms with Gasteiger partial charge in [0.2, 0.25) is 0 Å². The molecule has 2 aliphatic rings. The summed E-state index contributed by atoms with van der Waals surface area (Å²) in [6, 6.07) is 6.13. The van der Waals surface area contributed by atoms with E-state index in [1.54, 1.807) is 7.11 Å². The van der Waals surface area contributed by atoms with E-state index >= 15 is 0 Å². The number of hydrogen-bond acceptors (Lipinski definition) is 5. The average molecular weight is 405 g/mol. The molecule has 7 heteroatoms. The first kappa shape index (κ1) is 19.8. The topological polar surface area (TPSA) is 52.4 Å². The van der Waals surface area contributed by atoms with Crippen LogP contribution in [0.15, 0.2) is 18.2 Å². The van der Waals surface area contributed by atoms with Crippen LogP contribution in [0.3, 0.4) is 0 Å². The van der Waals surface area contributed by atoms with E-state index in [9.17, 15) is 0 Å². The second-order valence-corrected chi connectivity index (χ2v) is 8.57. The number of ether oxygens (including phenoxy) is 2. The highest BCUT2D eigenvalue weighted by molar-refractivity contribution is 6.30. The van der Waals surface area contributed by atoms with Crippen molar-refractivity contribution in [3.63, 3.8) is 0 Å². The zero-order valence-electron chi connectivity index (χ0n) is 16.9. The van der Waals surface area contributed by atoms with Crippen molar-refractivity contribution in [2.75, 3.05) is 20.8 Å². The predicted molar refractivity (Wildman–Crippen MR) is 109 cm³/mol. The van der Waals surface area contributed by atoms with Gasteiger partial charge in [0.05, 0.1) is 31.0 Å². The highest BCUT2D eigenvalue weighted by Gasteiger charge is 2.30. The van der Waals surface area contributed by atoms with E-state index in [1.807, 2.05) is 6.07 Å². The number of aromatic nitrogens is 3. The first-order valence-corrected chi connectivity index (χ1v) is 10.5. The fourth-order valence-electron chi connectivity index (χ4n) is 4.51. The molecule has 1 unspecified atom stereocenters. The van der Waals surface area contributed by atoms with Crippen molar-refractivity contribution in [3.05, 3.63) is 40.4 Å². The Morgan fingerprint density at radius 3 is 2.71 bits per heavy atom. The molecule has 0 radical (unpaired) electrons. The van der Waals surface area contributed by atoms with Crippen molar-refractivity contribution >= 4 is 11.6 Å². The summed E-state index contributed by atoms with van der Waals surface area (Å²) in [5.74, 6) is 2.49. The van der Waals surface area contributed by atoms with Crippen molar-refractivity contribution in [1.82, 2.24) is 19.7 Å². The molecule has 152 valence electrons. The minimum Gasteiger partial charge on any atom is -0.382 e. The van der Waals surface area contributed by atoms with Crippen LogP contribution in [0.25, 0.3) is 5.69 Å². The third kappa shape index (κ3) is 4.10. The number of rotatable bonds is 5. The van der Waals surface area contributed by atoms with Crippen LogP contribution in [0.5, 0.6) is 0 Å². The zero-order chi connectivity index (χ0) is 19.7. The minimum absolute atomic E-state index is 0.142. The van der Waals surface area contributed by atoms with E-state index in [0.29, 0.717) is 18.6 Å². The first-order valence-electron chi connectivity index (χ1n) is 10.1. The van der Waals surface area contributed by atoms with Gasteiger partial charge in [-0.25, -0.2) is 0 Å². The molecule has 1 aromatic heterocycles. The van der Waals surface area contributed by atoms with Crippen LogP contribution in [0.4, 0.5) is 0 Å². The lowest BCUT2D eigenvalue weighted by molar-refractivity contribution is -0.0538. The molecule has 0 amide bonds. The molecule has 6 nitrogen and oxygen atoms in total. The maximum Gasteiger partial charge on any atom is 0.151 e. The van der Waals surface area contributed by atoms with E-state index in [4.69, 9.17) is 21.1 Å². The number of halogens is 1. The van der Waals surface area contributed by atoms with Gasteiger partial charge in [-0.3, -0.25) is 9.47 Å². The second kappa shape index (κ2) is 8.49. The minimum atomic E-state index is 0.142. The van der Waals surface area contributed by atoms with Crippen LogP contribution in [0, 0.1) is 0 Å². The lowest BCUT2D eigenvalue weighted by atomic mass is 9.86. The van der Waals surface area contributed by atoms with Crippen LogP contribution in [-0.4, -0.2) is 52.6 Å². The molecule has 1 fully saturated rings. The summed E-state index contributed by atoms with van der Waals surface area (Å²) in [6.45, 7) is 4.36. The summed E-state index contributed by atoms with van der Waals surface area (Å²) < 4.78 is 13.6. The molecule has 0 spiro atoms. The summed E-state index contributed by atoms with van der Waals surface area (Å²) in [6.07, 6.45) is 4.69. The zero-order valence-corrected chi connectivity index (χ0v) is 17.7. The Hall–Kier alpha value is -1.47. The van der Waals surface area contributed by atoms with Gasteiger partial charge in [0.1, 0.15) is 5.82 Å². The van der Waals surface area contributed by atoms with Gasteiger partial charge in [-0.2, -0.15) is 0 Å². The Kier molecular flexibility index (Phi) is 6.01. The number of methoxy groups -OCH3 is 1. The van der Waals surface area contributed by atoms with E-state index in [0.717, 1.165) is 61.1 Å². The van der Waals surface area contributed by atoms with Crippen molar-refractivity contribution in [3.8, 4) is 5.69 Å². The molecule has 0 bridgehead atoms. The predicted octanol–water partition coefficient (Wildman–Crippen LogP) is 3.94. The number of nitrogens with zero attached hydrogens (tertiary/aromatic N) is 4. The van der Waals surface area contributed by atoms with Gasteiger partial charge >= 0.3 is 0 Å². The Morgan fingerprint density at radius 2 is 1.96 bits per heavy atom. The largest absolute Gasteiger partial charge is 0.382 e. The SMILES string of the molecule is COCC(C)OC1CCC(c2nnc3n2-c2ccc(Cl)cc2CN(C)C3)CC1. The molecular weight excluding hydrogens is 376 g/mol. The number of fused-ring (bicyclic) bond motifs is 3. The number of hydrogen-bond donors (Lipinski definition) is 0. The molecule has 1 saturated carbocycles. The van der Waals surface area contributed by atoms with Crippen molar-refractivity contribution in [2.24, 2.45) is 0 Å². The Balaban J connectivity index is 1.55. The maximum atomic E-state index is 6.27. The smallest absolute Gasteiger partial charge is 0.151 e. The van der Waals surface area contributed by atoms with Crippen molar-refractivity contribution in [1.29, 1.82) is 0 Å². The molecule has 0 saturated heterocycles. The van der Waals surface area contributed by atoms with Gasteiger partial charge in [-0.05, 0) is 63.4 Å². The van der Waals surface area contributed by atoms with E-state index in [2.05, 4.69) is 45.8 Å². The van der Waals surface area contributed by atoms with Crippen LogP contribution in [-0.2, 0) is 22.6 Å². The van der Waals surface area contributed by atoms with Gasteiger partial charge in [-0.15, -0.1) is 10.2 Å². The Morgan fingerprint density at radius 1 is 1.18 bits per heavy atom. The Labute approximate surface area is 171 Å². The first-order chi connectivity index (χ1) is 13.5. The maximum absolute atomic E-state index is 6.27. The molecule has 2 heterocycles. The molecule has 1 aliphatic heterocycles. The number of benzene rings is 1. The fourth-order valence-corrected chi connectivity index (χ4v) is 4.70. The molecule has 1 aromatic carbocycles. The van der Waals surface area contributed by atoms with Crippen LogP contribution >= 0.6 is 11.6 Å². The van der Waals surface area contributed by atoms with Crippen LogP contribution < -0.4 is 0 Å². The van der Waals surface area contributed by atoms with Crippen LogP contribution in [0.1, 0.15) is 55.7 Å². The standard InChI is InChI=1S/C21H29ClN4O2/c1-14(13-27-3)28-18-7-4-15(5-8-18)21-24-23-20-12-25(2)11-16-10-17(22)6-9-19(16)26(20)21/h6,9-10,14-15,18H,4-5,7-8,11-13H2,1-3H3. The third-order valence-corrected chi connectivity index (χ3v) is 5.99. The van der Waals surface area contributed by atoms with Gasteiger partial charge in [0.25, 0.3) is 0 Å². The monoisotopic (exact) mass is 404 g/mol. The van der Waals surface area contributed by atoms with Gasteiger partial charge in [0, 0.05) is 24.6 Å². The Bertz CT molecular complexity index is 817. The fraction of sp³-hybridized carbons (Fsp3) is 0.619. The van der Waals surface area contributed by atoms with Crippen molar-refractivity contribution in [2.45, 2.75) is 63.8 Å². The summed E-state index contributed by atoms with van der Waals surface area (Å²) in [5, 5.41) is 9.94. The highest BCUT2D eigenvalue weighted by Crippen LogP contribution is 2.36. The summed E-state index contributed by atoms with van der Waals surface area (Å²) in [4.78, 5) is 2.26. The van der Waals surface area contributed by atoms with E-state index in [-0.39, 0.29) is 6.10 Å². The van der Waals surface area contributed by atoms with Gasteiger partial charge in [-0.1, -0.05) is 11.6 Å².